The van der Waals surface area contributed by atoms with Crippen LogP contribution in [0.2, 0.25) is 0 Å². The Labute approximate surface area is 79.8 Å². The van der Waals surface area contributed by atoms with Crippen molar-refractivity contribution in [3.05, 3.63) is 0 Å². The minimum absolute atomic E-state index is 0.0628. The summed E-state index contributed by atoms with van der Waals surface area (Å²) in [6.07, 6.45) is 0.505. The molecule has 0 amide bonds. The molecule has 8 heteroatoms. The standard InChI is InChI=1S/C6H10F2O5S/c1-2-3-13-4-5(9)6(7,8)14(10,11)12/h2-4H2,1H3,(H,10,11,12). The summed E-state index contributed by atoms with van der Waals surface area (Å²) in [6.45, 7) is 0.708. The molecule has 0 unspecified atom stereocenters. The van der Waals surface area contributed by atoms with Crippen LogP contribution in [0.5, 0.6) is 0 Å². The molecule has 0 aromatic rings. The van der Waals surface area contributed by atoms with E-state index in [4.69, 9.17) is 4.55 Å². The summed E-state index contributed by atoms with van der Waals surface area (Å²) in [4.78, 5) is 10.6. The van der Waals surface area contributed by atoms with Gasteiger partial charge in [-0.1, -0.05) is 6.92 Å². The van der Waals surface area contributed by atoms with Gasteiger partial charge in [-0.25, -0.2) is 0 Å². The highest BCUT2D eigenvalue weighted by Gasteiger charge is 2.51. The Hall–Kier alpha value is -0.600. The summed E-state index contributed by atoms with van der Waals surface area (Å²) in [6, 6.07) is 0. The highest BCUT2D eigenvalue weighted by molar-refractivity contribution is 7.87. The van der Waals surface area contributed by atoms with E-state index in [9.17, 15) is 22.0 Å². The minimum Gasteiger partial charge on any atom is -0.373 e. The van der Waals surface area contributed by atoms with Gasteiger partial charge in [-0.3, -0.25) is 9.35 Å². The number of halogens is 2. The zero-order chi connectivity index (χ0) is 11.4. The normalized spacial score (nSPS) is 12.9. The zero-order valence-corrected chi connectivity index (χ0v) is 8.18. The number of carbonyl (C=O) groups excluding carboxylic acids is 1. The van der Waals surface area contributed by atoms with Crippen molar-refractivity contribution in [1.29, 1.82) is 0 Å². The van der Waals surface area contributed by atoms with Crippen LogP contribution in [0.25, 0.3) is 0 Å². The molecule has 0 aromatic carbocycles. The van der Waals surface area contributed by atoms with E-state index in [2.05, 4.69) is 4.74 Å². The Morgan fingerprint density at radius 1 is 1.50 bits per heavy atom. The lowest BCUT2D eigenvalue weighted by atomic mass is 10.4. The Kier molecular flexibility index (Phi) is 4.56. The molecule has 84 valence electrons. The van der Waals surface area contributed by atoms with Gasteiger partial charge in [0, 0.05) is 6.61 Å². The van der Waals surface area contributed by atoms with Gasteiger partial charge in [-0.15, -0.1) is 0 Å². The van der Waals surface area contributed by atoms with Gasteiger partial charge < -0.3 is 4.74 Å². The largest absolute Gasteiger partial charge is 0.429 e. The molecule has 0 spiro atoms. The van der Waals surface area contributed by atoms with Crippen molar-refractivity contribution in [2.75, 3.05) is 13.2 Å². The second-order valence-electron chi connectivity index (χ2n) is 2.47. The lowest BCUT2D eigenvalue weighted by Crippen LogP contribution is -2.39. The third-order valence-electron chi connectivity index (χ3n) is 1.23. The van der Waals surface area contributed by atoms with Crippen LogP contribution in [-0.2, 0) is 19.6 Å². The van der Waals surface area contributed by atoms with Crippen molar-refractivity contribution < 1.29 is 31.3 Å². The molecule has 0 heterocycles. The lowest BCUT2D eigenvalue weighted by Gasteiger charge is -2.10. The molecule has 0 rings (SSSR count). The number of rotatable bonds is 6. The number of carbonyl (C=O) groups is 1. The van der Waals surface area contributed by atoms with E-state index >= 15 is 0 Å². The van der Waals surface area contributed by atoms with E-state index in [0.29, 0.717) is 6.42 Å². The molecule has 0 saturated heterocycles. The predicted molar refractivity (Wildman–Crippen MR) is 42.6 cm³/mol. The molecule has 0 bridgehead atoms. The average molecular weight is 232 g/mol. The topological polar surface area (TPSA) is 80.7 Å². The predicted octanol–water partition coefficient (Wildman–Crippen LogP) is 0.463. The van der Waals surface area contributed by atoms with Crippen molar-refractivity contribution in [2.45, 2.75) is 18.6 Å². The fourth-order valence-electron chi connectivity index (χ4n) is 0.537. The zero-order valence-electron chi connectivity index (χ0n) is 7.37. The minimum atomic E-state index is -5.70. The van der Waals surface area contributed by atoms with Crippen LogP contribution in [0.1, 0.15) is 13.3 Å². The summed E-state index contributed by atoms with van der Waals surface area (Å²) in [5.41, 5.74) is 0. The highest BCUT2D eigenvalue weighted by atomic mass is 32.2. The van der Waals surface area contributed by atoms with E-state index in [1.807, 2.05) is 0 Å². The van der Waals surface area contributed by atoms with E-state index in [0.717, 1.165) is 0 Å². The first-order valence-corrected chi connectivity index (χ1v) is 5.13. The monoisotopic (exact) mass is 232 g/mol. The van der Waals surface area contributed by atoms with Crippen molar-refractivity contribution in [2.24, 2.45) is 0 Å². The first-order valence-electron chi connectivity index (χ1n) is 3.69. The number of Topliss-reactive ketones (excluding diaryl/α,β-unsaturated/α-hetero) is 1. The van der Waals surface area contributed by atoms with E-state index in [-0.39, 0.29) is 6.61 Å². The van der Waals surface area contributed by atoms with Crippen molar-refractivity contribution in [3.8, 4) is 0 Å². The van der Waals surface area contributed by atoms with Gasteiger partial charge in [0.2, 0.25) is 5.78 Å². The van der Waals surface area contributed by atoms with Gasteiger partial charge in [-0.05, 0) is 6.42 Å². The second-order valence-corrected chi connectivity index (χ2v) is 3.93. The number of hydrogen-bond donors (Lipinski definition) is 1. The van der Waals surface area contributed by atoms with Crippen molar-refractivity contribution in [1.82, 2.24) is 0 Å². The van der Waals surface area contributed by atoms with Crippen LogP contribution >= 0.6 is 0 Å². The third-order valence-corrected chi connectivity index (χ3v) is 2.11. The van der Waals surface area contributed by atoms with Crippen LogP contribution in [0, 0.1) is 0 Å². The third kappa shape index (κ3) is 3.28. The van der Waals surface area contributed by atoms with E-state index in [1.165, 1.54) is 0 Å². The Morgan fingerprint density at radius 2 is 2.00 bits per heavy atom. The van der Waals surface area contributed by atoms with Gasteiger partial charge in [0.1, 0.15) is 6.61 Å². The number of hydrogen-bond acceptors (Lipinski definition) is 4. The molecule has 5 nitrogen and oxygen atoms in total. The molecular weight excluding hydrogens is 222 g/mol. The van der Waals surface area contributed by atoms with Crippen LogP contribution in [0.15, 0.2) is 0 Å². The van der Waals surface area contributed by atoms with Gasteiger partial charge in [0.25, 0.3) is 0 Å². The molecule has 0 fully saturated rings. The van der Waals surface area contributed by atoms with Crippen molar-refractivity contribution in [3.63, 3.8) is 0 Å². The second kappa shape index (κ2) is 4.76. The molecule has 0 aliphatic carbocycles. The van der Waals surface area contributed by atoms with Gasteiger partial charge in [0.15, 0.2) is 0 Å². The molecule has 0 aliphatic rings. The van der Waals surface area contributed by atoms with E-state index < -0.39 is 27.8 Å². The number of ketones is 1. The molecule has 0 atom stereocenters. The smallest absolute Gasteiger partial charge is 0.373 e. The molecule has 1 N–H and O–H groups in total. The lowest BCUT2D eigenvalue weighted by molar-refractivity contribution is -0.138. The van der Waals surface area contributed by atoms with Gasteiger partial charge in [0.05, 0.1) is 0 Å². The molecule has 14 heavy (non-hydrogen) atoms. The maximum Gasteiger partial charge on any atom is 0.429 e. The summed E-state index contributed by atoms with van der Waals surface area (Å²) < 4.78 is 57.5. The van der Waals surface area contributed by atoms with Crippen LogP contribution < -0.4 is 0 Å². The first kappa shape index (κ1) is 13.4. The summed E-state index contributed by atoms with van der Waals surface area (Å²) in [7, 11) is -5.70. The maximum absolute atomic E-state index is 12.5. The van der Waals surface area contributed by atoms with Gasteiger partial charge >= 0.3 is 15.4 Å². The van der Waals surface area contributed by atoms with Crippen LogP contribution in [0.4, 0.5) is 8.78 Å². The Bertz CT molecular complexity index is 297. The molecule has 0 saturated carbocycles. The van der Waals surface area contributed by atoms with Crippen LogP contribution in [-0.4, -0.2) is 37.2 Å². The fraction of sp³-hybridized carbons (Fsp3) is 0.833. The molecular formula is C6H10F2O5S. The SMILES string of the molecule is CCCOCC(=O)C(F)(F)S(=O)(=O)O. The summed E-state index contributed by atoms with van der Waals surface area (Å²) in [5.74, 6) is -1.98. The highest BCUT2D eigenvalue weighted by Crippen LogP contribution is 2.21. The quantitative estimate of drug-likeness (QED) is 0.531. The Balaban J connectivity index is 4.39. The average Bonchev–Trinajstić information content (AvgIpc) is 2.02. The first-order chi connectivity index (χ1) is 6.23. The van der Waals surface area contributed by atoms with Crippen molar-refractivity contribution >= 4 is 15.9 Å². The van der Waals surface area contributed by atoms with Crippen LogP contribution in [0.3, 0.4) is 0 Å². The fourth-order valence-corrected chi connectivity index (χ4v) is 0.884. The summed E-state index contributed by atoms with van der Waals surface area (Å²) >= 11 is 0. The van der Waals surface area contributed by atoms with Gasteiger partial charge in [-0.2, -0.15) is 17.2 Å². The maximum atomic E-state index is 12.5. The molecule has 0 radical (unpaired) electrons. The number of alkyl halides is 2. The Morgan fingerprint density at radius 3 is 2.36 bits per heavy atom. The molecule has 0 aliphatic heterocycles. The summed E-state index contributed by atoms with van der Waals surface area (Å²) in [5, 5.41) is -4.79. The van der Waals surface area contributed by atoms with E-state index in [1.54, 1.807) is 6.92 Å². The number of ether oxygens (including phenoxy) is 1. The molecule has 0 aromatic heterocycles.